The molecule has 9 heteroatoms. The number of esters is 1. The molecule has 1 aliphatic rings. The quantitative estimate of drug-likeness (QED) is 0.480. The number of benzene rings is 2. The Morgan fingerprint density at radius 1 is 1.24 bits per heavy atom. The average molecular weight is 543 g/mol. The van der Waals surface area contributed by atoms with E-state index in [-0.39, 0.29) is 17.9 Å². The van der Waals surface area contributed by atoms with Crippen molar-refractivity contribution in [1.82, 2.24) is 4.57 Å². The summed E-state index contributed by atoms with van der Waals surface area (Å²) in [6, 6.07) is 12.0. The number of allylic oxidation sites excluding steroid dienone is 1. The standard InChI is InChI=1S/C25H23BrN2O5S/c1-4-32-18-13-17(26)11-16(22(18)29)12-19-23(30)28-21(15-9-7-6-8-10-15)20(24(31)33-5-2)14(3)27-25(28)34-19/h6-13,21,29H,4-5H2,1-3H3/t21-/m1/s1. The largest absolute Gasteiger partial charge is 0.504 e. The Bertz CT molecular complexity index is 1460. The van der Waals surface area contributed by atoms with E-state index in [1.165, 1.54) is 15.9 Å². The Morgan fingerprint density at radius 2 is 1.97 bits per heavy atom. The average Bonchev–Trinajstić information content (AvgIpc) is 3.11. The maximum absolute atomic E-state index is 13.6. The van der Waals surface area contributed by atoms with E-state index in [1.807, 2.05) is 37.3 Å². The number of nitrogens with zero attached hydrogens (tertiary/aromatic N) is 2. The molecule has 1 aliphatic heterocycles. The van der Waals surface area contributed by atoms with Crippen LogP contribution in [-0.2, 0) is 9.53 Å². The zero-order chi connectivity index (χ0) is 24.4. The molecule has 0 saturated heterocycles. The van der Waals surface area contributed by atoms with Gasteiger partial charge < -0.3 is 14.6 Å². The molecule has 0 aliphatic carbocycles. The maximum atomic E-state index is 13.6. The van der Waals surface area contributed by atoms with Crippen LogP contribution in [0.4, 0.5) is 0 Å². The van der Waals surface area contributed by atoms with Crippen LogP contribution in [0.5, 0.6) is 11.5 Å². The molecule has 176 valence electrons. The number of phenolic OH excluding ortho intramolecular Hbond substituents is 1. The first kappa shape index (κ1) is 24.0. The van der Waals surface area contributed by atoms with E-state index < -0.39 is 12.0 Å². The number of aromatic hydroxyl groups is 1. The predicted molar refractivity (Wildman–Crippen MR) is 134 cm³/mol. The summed E-state index contributed by atoms with van der Waals surface area (Å²) in [5, 5.41) is 10.7. The topological polar surface area (TPSA) is 90.1 Å². The van der Waals surface area contributed by atoms with Gasteiger partial charge in [0.2, 0.25) is 0 Å². The van der Waals surface area contributed by atoms with Gasteiger partial charge in [0.25, 0.3) is 5.56 Å². The smallest absolute Gasteiger partial charge is 0.338 e. The second kappa shape index (κ2) is 9.99. The van der Waals surface area contributed by atoms with Crippen molar-refractivity contribution >= 4 is 39.3 Å². The highest BCUT2D eigenvalue weighted by atomic mass is 79.9. The minimum atomic E-state index is -0.672. The SMILES string of the molecule is CCOC(=O)C1=C(C)N=c2sc(=Cc3cc(Br)cc(OCC)c3O)c(=O)n2[C@@H]1c1ccccc1. The van der Waals surface area contributed by atoms with E-state index >= 15 is 0 Å². The first-order valence-corrected chi connectivity index (χ1v) is 12.4. The minimum Gasteiger partial charge on any atom is -0.504 e. The first-order valence-electron chi connectivity index (χ1n) is 10.8. The Balaban J connectivity index is 1.95. The number of phenols is 1. The van der Waals surface area contributed by atoms with Gasteiger partial charge in [-0.2, -0.15) is 0 Å². The number of aromatic nitrogens is 1. The van der Waals surface area contributed by atoms with Gasteiger partial charge in [0.1, 0.15) is 0 Å². The molecule has 2 heterocycles. The lowest BCUT2D eigenvalue weighted by Crippen LogP contribution is -2.39. The predicted octanol–water partition coefficient (Wildman–Crippen LogP) is 3.67. The monoisotopic (exact) mass is 542 g/mol. The zero-order valence-electron chi connectivity index (χ0n) is 18.9. The van der Waals surface area contributed by atoms with Crippen LogP contribution in [0.3, 0.4) is 0 Å². The van der Waals surface area contributed by atoms with Gasteiger partial charge in [-0.3, -0.25) is 9.36 Å². The number of carbonyl (C=O) groups is 1. The van der Waals surface area contributed by atoms with Crippen LogP contribution in [0.15, 0.2) is 68.0 Å². The first-order chi connectivity index (χ1) is 16.3. The Hall–Kier alpha value is -3.17. The number of ether oxygens (including phenoxy) is 2. The highest BCUT2D eigenvalue weighted by molar-refractivity contribution is 9.10. The number of hydrogen-bond acceptors (Lipinski definition) is 7. The van der Waals surface area contributed by atoms with Gasteiger partial charge in [0.05, 0.1) is 35.1 Å². The summed E-state index contributed by atoms with van der Waals surface area (Å²) in [6.45, 7) is 5.91. The highest BCUT2D eigenvalue weighted by Crippen LogP contribution is 2.34. The van der Waals surface area contributed by atoms with Crippen LogP contribution in [0, 0.1) is 0 Å². The number of hydrogen-bond donors (Lipinski definition) is 1. The number of fused-ring (bicyclic) bond motifs is 1. The van der Waals surface area contributed by atoms with Crippen molar-refractivity contribution < 1.29 is 19.4 Å². The van der Waals surface area contributed by atoms with Crippen LogP contribution in [0.1, 0.15) is 37.9 Å². The molecule has 4 rings (SSSR count). The second-order valence-electron chi connectivity index (χ2n) is 7.49. The fourth-order valence-electron chi connectivity index (χ4n) is 3.85. The zero-order valence-corrected chi connectivity index (χ0v) is 21.3. The molecular weight excluding hydrogens is 520 g/mol. The van der Waals surface area contributed by atoms with E-state index in [0.717, 1.165) is 5.56 Å². The fourth-order valence-corrected chi connectivity index (χ4v) is 5.35. The Labute approximate surface area is 208 Å². The van der Waals surface area contributed by atoms with Crippen molar-refractivity contribution in [3.63, 3.8) is 0 Å². The number of carbonyl (C=O) groups excluding carboxylic acids is 1. The molecule has 0 fully saturated rings. The van der Waals surface area contributed by atoms with Crippen LogP contribution >= 0.6 is 27.3 Å². The van der Waals surface area contributed by atoms with Crippen molar-refractivity contribution in [2.75, 3.05) is 13.2 Å². The van der Waals surface area contributed by atoms with Crippen molar-refractivity contribution in [2.45, 2.75) is 26.8 Å². The van der Waals surface area contributed by atoms with E-state index in [4.69, 9.17) is 9.47 Å². The van der Waals surface area contributed by atoms with Gasteiger partial charge >= 0.3 is 5.97 Å². The molecule has 1 N–H and O–H groups in total. The van der Waals surface area contributed by atoms with Crippen LogP contribution in [0.25, 0.3) is 6.08 Å². The van der Waals surface area contributed by atoms with Gasteiger partial charge in [0, 0.05) is 10.0 Å². The highest BCUT2D eigenvalue weighted by Gasteiger charge is 2.33. The molecule has 0 bridgehead atoms. The molecule has 0 saturated carbocycles. The molecule has 1 aromatic heterocycles. The van der Waals surface area contributed by atoms with Gasteiger partial charge in [0.15, 0.2) is 16.3 Å². The van der Waals surface area contributed by atoms with E-state index in [1.54, 1.807) is 32.1 Å². The van der Waals surface area contributed by atoms with Crippen LogP contribution in [-0.4, -0.2) is 28.9 Å². The van der Waals surface area contributed by atoms with Crippen molar-refractivity contribution in [1.29, 1.82) is 0 Å². The summed E-state index contributed by atoms with van der Waals surface area (Å²) >= 11 is 4.62. The minimum absolute atomic E-state index is 0.0566. The lowest BCUT2D eigenvalue weighted by atomic mass is 9.96. The molecule has 0 unspecified atom stereocenters. The number of halogens is 1. The summed E-state index contributed by atoms with van der Waals surface area (Å²) in [4.78, 5) is 31.5. The van der Waals surface area contributed by atoms with Gasteiger partial charge in [-0.1, -0.05) is 57.6 Å². The van der Waals surface area contributed by atoms with Crippen molar-refractivity contribution in [3.05, 3.63) is 89.0 Å². The molecule has 0 radical (unpaired) electrons. The van der Waals surface area contributed by atoms with Gasteiger partial charge in [-0.25, -0.2) is 9.79 Å². The maximum Gasteiger partial charge on any atom is 0.338 e. The van der Waals surface area contributed by atoms with Crippen LogP contribution in [0.2, 0.25) is 0 Å². The molecule has 1 atom stereocenters. The van der Waals surface area contributed by atoms with Crippen molar-refractivity contribution in [3.8, 4) is 11.5 Å². The normalized spacial score (nSPS) is 15.6. The van der Waals surface area contributed by atoms with E-state index in [2.05, 4.69) is 20.9 Å². The third-order valence-corrected chi connectivity index (χ3v) is 6.73. The molecular formula is C25H23BrN2O5S. The third kappa shape index (κ3) is 4.45. The Kier molecular flexibility index (Phi) is 7.04. The van der Waals surface area contributed by atoms with Crippen molar-refractivity contribution in [2.24, 2.45) is 4.99 Å². The lowest BCUT2D eigenvalue weighted by Gasteiger charge is -2.24. The molecule has 7 nitrogen and oxygen atoms in total. The summed E-state index contributed by atoms with van der Waals surface area (Å²) < 4.78 is 13.4. The summed E-state index contributed by atoms with van der Waals surface area (Å²) in [7, 11) is 0. The molecule has 3 aromatic rings. The molecule has 2 aromatic carbocycles. The molecule has 0 spiro atoms. The van der Waals surface area contributed by atoms with E-state index in [0.29, 0.717) is 43.0 Å². The summed E-state index contributed by atoms with van der Waals surface area (Å²) in [5.41, 5.74) is 1.72. The van der Waals surface area contributed by atoms with E-state index in [9.17, 15) is 14.7 Å². The number of rotatable bonds is 6. The lowest BCUT2D eigenvalue weighted by molar-refractivity contribution is -0.139. The fraction of sp³-hybridized carbons (Fsp3) is 0.240. The molecule has 0 amide bonds. The van der Waals surface area contributed by atoms with Gasteiger partial charge in [-0.15, -0.1) is 0 Å². The Morgan fingerprint density at radius 3 is 2.65 bits per heavy atom. The second-order valence-corrected chi connectivity index (χ2v) is 9.41. The number of thiazole rings is 1. The summed E-state index contributed by atoms with van der Waals surface area (Å²) in [5.74, 6) is -0.240. The van der Waals surface area contributed by atoms with Crippen LogP contribution < -0.4 is 19.6 Å². The molecule has 34 heavy (non-hydrogen) atoms. The van der Waals surface area contributed by atoms with Gasteiger partial charge in [-0.05, 0) is 44.5 Å². The third-order valence-electron chi connectivity index (χ3n) is 5.29. The summed E-state index contributed by atoms with van der Waals surface area (Å²) in [6.07, 6.45) is 1.61.